The zero-order chi connectivity index (χ0) is 14.4. The maximum Gasteiger partial charge on any atom is 0.260 e. The lowest BCUT2D eigenvalue weighted by molar-refractivity contribution is -0.133. The molecule has 0 N–H and O–H groups in total. The molecule has 0 bridgehead atoms. The molecular formula is C16H21NO2S. The molecule has 4 heteroatoms. The van der Waals surface area contributed by atoms with Gasteiger partial charge in [0.1, 0.15) is 5.75 Å². The van der Waals surface area contributed by atoms with Gasteiger partial charge in [-0.1, -0.05) is 18.2 Å². The maximum atomic E-state index is 12.2. The fraction of sp³-hybridized carbons (Fsp3) is 0.438. The maximum absolute atomic E-state index is 12.2. The molecule has 1 aliphatic rings. The van der Waals surface area contributed by atoms with Crippen LogP contribution in [0.3, 0.4) is 0 Å². The summed E-state index contributed by atoms with van der Waals surface area (Å²) >= 11 is 1.80. The molecule has 0 saturated heterocycles. The second-order valence-corrected chi connectivity index (χ2v) is 6.11. The summed E-state index contributed by atoms with van der Waals surface area (Å²) in [6.45, 7) is 5.66. The van der Waals surface area contributed by atoms with Crippen molar-refractivity contribution in [1.29, 1.82) is 0 Å². The van der Waals surface area contributed by atoms with E-state index in [-0.39, 0.29) is 12.5 Å². The lowest BCUT2D eigenvalue weighted by Crippen LogP contribution is -2.38. The number of ether oxygens (including phenoxy) is 1. The molecule has 108 valence electrons. The molecule has 0 aromatic heterocycles. The van der Waals surface area contributed by atoms with Crippen molar-refractivity contribution in [3.05, 3.63) is 41.3 Å². The number of allylic oxidation sites excluding steroid dienone is 1. The van der Waals surface area contributed by atoms with Crippen LogP contribution in [-0.2, 0) is 4.79 Å². The minimum atomic E-state index is 0.0570. The number of hydrogen-bond donors (Lipinski definition) is 0. The Balaban J connectivity index is 1.82. The smallest absolute Gasteiger partial charge is 0.260 e. The van der Waals surface area contributed by atoms with E-state index in [9.17, 15) is 4.79 Å². The van der Waals surface area contributed by atoms with Crippen LogP contribution in [0.15, 0.2) is 35.7 Å². The van der Waals surface area contributed by atoms with Crippen molar-refractivity contribution in [2.24, 2.45) is 0 Å². The largest absolute Gasteiger partial charge is 0.484 e. The van der Waals surface area contributed by atoms with Gasteiger partial charge in [0.25, 0.3) is 5.91 Å². The number of aryl methyl sites for hydroxylation is 1. The Morgan fingerprint density at radius 3 is 3.00 bits per heavy atom. The van der Waals surface area contributed by atoms with Crippen LogP contribution in [0.1, 0.15) is 18.9 Å². The van der Waals surface area contributed by atoms with Crippen LogP contribution in [0.5, 0.6) is 5.75 Å². The number of nitrogens with zero attached hydrogens (tertiary/aromatic N) is 1. The summed E-state index contributed by atoms with van der Waals surface area (Å²) in [4.78, 5) is 14.1. The normalized spacial score (nSPS) is 17.2. The zero-order valence-corrected chi connectivity index (χ0v) is 12.9. The quantitative estimate of drug-likeness (QED) is 0.806. The van der Waals surface area contributed by atoms with Crippen LogP contribution in [0, 0.1) is 6.92 Å². The van der Waals surface area contributed by atoms with Crippen molar-refractivity contribution in [2.75, 3.05) is 19.7 Å². The molecule has 0 radical (unpaired) electrons. The summed E-state index contributed by atoms with van der Waals surface area (Å²) in [5.41, 5.74) is 1.13. The Hall–Kier alpha value is -1.42. The fourth-order valence-electron chi connectivity index (χ4n) is 2.14. The number of rotatable bonds is 6. The van der Waals surface area contributed by atoms with Crippen molar-refractivity contribution < 1.29 is 9.53 Å². The molecule has 1 heterocycles. The van der Waals surface area contributed by atoms with E-state index in [1.807, 2.05) is 43.0 Å². The van der Waals surface area contributed by atoms with Crippen LogP contribution in [0.2, 0.25) is 0 Å². The molecule has 1 aliphatic heterocycles. The molecule has 1 aromatic rings. The van der Waals surface area contributed by atoms with Gasteiger partial charge in [0, 0.05) is 18.3 Å². The second-order valence-electron chi connectivity index (χ2n) is 4.90. The SMILES string of the molecule is CCN(CC1CC=CS1)C(=O)COc1cccc(C)c1. The number of thioether (sulfide) groups is 1. The minimum absolute atomic E-state index is 0.0570. The minimum Gasteiger partial charge on any atom is -0.484 e. The number of hydrogen-bond acceptors (Lipinski definition) is 3. The summed E-state index contributed by atoms with van der Waals surface area (Å²) in [5, 5.41) is 2.62. The molecule has 0 fully saturated rings. The van der Waals surface area contributed by atoms with Gasteiger partial charge in [-0.15, -0.1) is 11.8 Å². The molecule has 2 rings (SSSR count). The van der Waals surface area contributed by atoms with E-state index in [4.69, 9.17) is 4.74 Å². The standard InChI is InChI=1S/C16H21NO2S/c1-3-17(11-15-8-5-9-20-15)16(18)12-19-14-7-4-6-13(2)10-14/h4-7,9-10,15H,3,8,11-12H2,1-2H3. The lowest BCUT2D eigenvalue weighted by Gasteiger charge is -2.24. The predicted octanol–water partition coefficient (Wildman–Crippen LogP) is 3.24. The molecular weight excluding hydrogens is 270 g/mol. The van der Waals surface area contributed by atoms with E-state index >= 15 is 0 Å². The average molecular weight is 291 g/mol. The molecule has 0 spiro atoms. The average Bonchev–Trinajstić information content (AvgIpc) is 2.95. The van der Waals surface area contributed by atoms with Crippen LogP contribution >= 0.6 is 11.8 Å². The Morgan fingerprint density at radius 2 is 2.35 bits per heavy atom. The third-order valence-electron chi connectivity index (χ3n) is 3.28. The number of carbonyl (C=O) groups excluding carboxylic acids is 1. The topological polar surface area (TPSA) is 29.5 Å². The molecule has 1 aromatic carbocycles. The van der Waals surface area contributed by atoms with Gasteiger partial charge in [-0.2, -0.15) is 0 Å². The number of likely N-dealkylation sites (N-methyl/N-ethyl adjacent to an activating group) is 1. The molecule has 1 unspecified atom stereocenters. The van der Waals surface area contributed by atoms with Gasteiger partial charge in [0.05, 0.1) is 0 Å². The van der Waals surface area contributed by atoms with E-state index < -0.39 is 0 Å². The summed E-state index contributed by atoms with van der Waals surface area (Å²) in [6.07, 6.45) is 3.21. The molecule has 0 saturated carbocycles. The van der Waals surface area contributed by atoms with Crippen molar-refractivity contribution in [3.63, 3.8) is 0 Å². The second kappa shape index (κ2) is 7.39. The first-order valence-corrected chi connectivity index (χ1v) is 7.91. The zero-order valence-electron chi connectivity index (χ0n) is 12.0. The van der Waals surface area contributed by atoms with E-state index in [0.717, 1.165) is 30.8 Å². The van der Waals surface area contributed by atoms with Crippen LogP contribution in [0.25, 0.3) is 0 Å². The highest BCUT2D eigenvalue weighted by Gasteiger charge is 2.19. The Bertz CT molecular complexity index is 479. The Labute approximate surface area is 125 Å². The first kappa shape index (κ1) is 15.0. The Kier molecular flexibility index (Phi) is 5.53. The van der Waals surface area contributed by atoms with Gasteiger partial charge in [-0.3, -0.25) is 4.79 Å². The van der Waals surface area contributed by atoms with E-state index in [2.05, 4.69) is 11.5 Å². The lowest BCUT2D eigenvalue weighted by atomic mass is 10.2. The van der Waals surface area contributed by atoms with Gasteiger partial charge in [0.2, 0.25) is 0 Å². The highest BCUT2D eigenvalue weighted by molar-refractivity contribution is 8.03. The van der Waals surface area contributed by atoms with Crippen LogP contribution in [-0.4, -0.2) is 35.8 Å². The first-order valence-electron chi connectivity index (χ1n) is 6.96. The predicted molar refractivity (Wildman–Crippen MR) is 84.1 cm³/mol. The highest BCUT2D eigenvalue weighted by Crippen LogP contribution is 2.24. The fourth-order valence-corrected chi connectivity index (χ4v) is 3.07. The van der Waals surface area contributed by atoms with Gasteiger partial charge >= 0.3 is 0 Å². The summed E-state index contributed by atoms with van der Waals surface area (Å²) < 4.78 is 5.58. The van der Waals surface area contributed by atoms with Crippen molar-refractivity contribution >= 4 is 17.7 Å². The van der Waals surface area contributed by atoms with Crippen LogP contribution in [0.4, 0.5) is 0 Å². The summed E-state index contributed by atoms with van der Waals surface area (Å²) in [5.74, 6) is 0.813. The number of amides is 1. The third kappa shape index (κ3) is 4.30. The molecule has 1 atom stereocenters. The number of benzene rings is 1. The van der Waals surface area contributed by atoms with Gasteiger partial charge < -0.3 is 9.64 Å². The molecule has 3 nitrogen and oxygen atoms in total. The molecule has 0 aliphatic carbocycles. The van der Waals surface area contributed by atoms with Gasteiger partial charge in [-0.05, 0) is 43.4 Å². The first-order chi connectivity index (χ1) is 9.69. The molecule has 20 heavy (non-hydrogen) atoms. The van der Waals surface area contributed by atoms with Gasteiger partial charge in [0.15, 0.2) is 6.61 Å². The van der Waals surface area contributed by atoms with Crippen LogP contribution < -0.4 is 4.74 Å². The van der Waals surface area contributed by atoms with E-state index in [1.165, 1.54) is 0 Å². The van der Waals surface area contributed by atoms with E-state index in [0.29, 0.717) is 5.25 Å². The monoisotopic (exact) mass is 291 g/mol. The van der Waals surface area contributed by atoms with E-state index in [1.54, 1.807) is 11.8 Å². The highest BCUT2D eigenvalue weighted by atomic mass is 32.2. The van der Waals surface area contributed by atoms with Crippen molar-refractivity contribution in [2.45, 2.75) is 25.5 Å². The molecule has 1 amide bonds. The Morgan fingerprint density at radius 1 is 1.50 bits per heavy atom. The summed E-state index contributed by atoms with van der Waals surface area (Å²) in [6, 6.07) is 7.78. The van der Waals surface area contributed by atoms with Crippen molar-refractivity contribution in [1.82, 2.24) is 4.90 Å². The van der Waals surface area contributed by atoms with Gasteiger partial charge in [-0.25, -0.2) is 0 Å². The number of carbonyl (C=O) groups is 1. The summed E-state index contributed by atoms with van der Waals surface area (Å²) in [7, 11) is 0. The van der Waals surface area contributed by atoms with Crippen molar-refractivity contribution in [3.8, 4) is 5.75 Å². The third-order valence-corrected chi connectivity index (χ3v) is 4.35.